The van der Waals surface area contributed by atoms with Crippen molar-refractivity contribution in [1.29, 1.82) is 0 Å². The first-order valence-corrected chi connectivity index (χ1v) is 7.66. The fourth-order valence-corrected chi connectivity index (χ4v) is 2.27. The summed E-state index contributed by atoms with van der Waals surface area (Å²) in [7, 11) is 0. The predicted octanol–water partition coefficient (Wildman–Crippen LogP) is 1.47. The molecule has 114 valence electrons. The van der Waals surface area contributed by atoms with Crippen LogP contribution >= 0.6 is 23.8 Å². The third-order valence-corrected chi connectivity index (χ3v) is 3.67. The van der Waals surface area contributed by atoms with Gasteiger partial charge in [0.15, 0.2) is 5.11 Å². The van der Waals surface area contributed by atoms with E-state index in [-0.39, 0.29) is 0 Å². The largest absolute Gasteiger partial charge is 0.379 e. The molecule has 1 heterocycles. The van der Waals surface area contributed by atoms with Crippen LogP contribution in [0.4, 0.5) is 0 Å². The summed E-state index contributed by atoms with van der Waals surface area (Å²) in [6, 6.07) is 7.50. The second kappa shape index (κ2) is 8.94. The van der Waals surface area contributed by atoms with Crippen molar-refractivity contribution in [2.24, 2.45) is 5.10 Å². The summed E-state index contributed by atoms with van der Waals surface area (Å²) >= 11 is 11.2. The summed E-state index contributed by atoms with van der Waals surface area (Å²) in [5.41, 5.74) is 3.63. The first-order valence-electron chi connectivity index (χ1n) is 6.87. The molecule has 1 aromatic rings. The fourth-order valence-electron chi connectivity index (χ4n) is 1.93. The van der Waals surface area contributed by atoms with E-state index in [0.717, 1.165) is 45.0 Å². The second-order valence-electron chi connectivity index (χ2n) is 4.60. The van der Waals surface area contributed by atoms with Gasteiger partial charge in [-0.05, 0) is 18.3 Å². The number of nitrogens with zero attached hydrogens (tertiary/aromatic N) is 2. The number of morpholine rings is 1. The van der Waals surface area contributed by atoms with E-state index < -0.39 is 0 Å². The Kier molecular flexibility index (Phi) is 6.88. The lowest BCUT2D eigenvalue weighted by molar-refractivity contribution is 0.0389. The topological polar surface area (TPSA) is 48.9 Å². The maximum absolute atomic E-state index is 6.03. The fraction of sp³-hybridized carbons (Fsp3) is 0.429. The van der Waals surface area contributed by atoms with Crippen molar-refractivity contribution in [1.82, 2.24) is 15.6 Å². The van der Waals surface area contributed by atoms with Crippen molar-refractivity contribution >= 4 is 35.1 Å². The van der Waals surface area contributed by atoms with E-state index in [2.05, 4.69) is 20.7 Å². The number of rotatable bonds is 5. The first-order chi connectivity index (χ1) is 10.3. The van der Waals surface area contributed by atoms with Gasteiger partial charge in [0, 0.05) is 36.8 Å². The van der Waals surface area contributed by atoms with Crippen molar-refractivity contribution in [2.45, 2.75) is 0 Å². The van der Waals surface area contributed by atoms with Gasteiger partial charge in [-0.1, -0.05) is 29.8 Å². The maximum Gasteiger partial charge on any atom is 0.187 e. The highest BCUT2D eigenvalue weighted by atomic mass is 35.5. The molecule has 0 aliphatic carbocycles. The van der Waals surface area contributed by atoms with Gasteiger partial charge in [-0.2, -0.15) is 5.10 Å². The van der Waals surface area contributed by atoms with Crippen LogP contribution in [0.1, 0.15) is 5.56 Å². The number of nitrogens with one attached hydrogen (secondary N) is 2. The van der Waals surface area contributed by atoms with Crippen LogP contribution in [0.2, 0.25) is 5.02 Å². The predicted molar refractivity (Wildman–Crippen MR) is 90.0 cm³/mol. The first kappa shape index (κ1) is 16.2. The Morgan fingerprint density at radius 1 is 1.38 bits per heavy atom. The highest BCUT2D eigenvalue weighted by molar-refractivity contribution is 7.80. The molecule has 1 saturated heterocycles. The molecule has 0 spiro atoms. The summed E-state index contributed by atoms with van der Waals surface area (Å²) in [6.07, 6.45) is 1.65. The minimum absolute atomic E-state index is 0.506. The number of benzene rings is 1. The molecule has 7 heteroatoms. The second-order valence-corrected chi connectivity index (χ2v) is 5.42. The van der Waals surface area contributed by atoms with E-state index in [4.69, 9.17) is 28.6 Å². The smallest absolute Gasteiger partial charge is 0.187 e. The molecule has 0 bridgehead atoms. The van der Waals surface area contributed by atoms with Crippen molar-refractivity contribution in [3.63, 3.8) is 0 Å². The van der Waals surface area contributed by atoms with E-state index in [1.54, 1.807) is 6.21 Å². The highest BCUT2D eigenvalue weighted by Gasteiger charge is 2.09. The van der Waals surface area contributed by atoms with E-state index >= 15 is 0 Å². The summed E-state index contributed by atoms with van der Waals surface area (Å²) < 4.78 is 5.30. The molecule has 0 atom stereocenters. The van der Waals surface area contributed by atoms with Crippen LogP contribution in [0, 0.1) is 0 Å². The molecular weight excluding hydrogens is 308 g/mol. The van der Waals surface area contributed by atoms with Gasteiger partial charge in [0.2, 0.25) is 0 Å². The zero-order valence-electron chi connectivity index (χ0n) is 11.7. The molecule has 0 unspecified atom stereocenters. The van der Waals surface area contributed by atoms with E-state index in [1.165, 1.54) is 0 Å². The Hall–Kier alpha value is -1.21. The van der Waals surface area contributed by atoms with Gasteiger partial charge in [-0.3, -0.25) is 10.3 Å². The van der Waals surface area contributed by atoms with E-state index in [0.29, 0.717) is 10.1 Å². The van der Waals surface area contributed by atoms with E-state index in [9.17, 15) is 0 Å². The third kappa shape index (κ3) is 5.97. The van der Waals surface area contributed by atoms with Crippen LogP contribution in [-0.4, -0.2) is 55.6 Å². The number of halogens is 1. The zero-order chi connectivity index (χ0) is 14.9. The van der Waals surface area contributed by atoms with Gasteiger partial charge >= 0.3 is 0 Å². The van der Waals surface area contributed by atoms with Crippen molar-refractivity contribution in [2.75, 3.05) is 39.4 Å². The molecule has 5 nitrogen and oxygen atoms in total. The Balaban J connectivity index is 1.64. The lowest BCUT2D eigenvalue weighted by Crippen LogP contribution is -2.42. The van der Waals surface area contributed by atoms with Crippen LogP contribution in [0.3, 0.4) is 0 Å². The zero-order valence-corrected chi connectivity index (χ0v) is 13.3. The van der Waals surface area contributed by atoms with Crippen LogP contribution in [0.5, 0.6) is 0 Å². The molecule has 21 heavy (non-hydrogen) atoms. The average Bonchev–Trinajstić information content (AvgIpc) is 2.50. The Morgan fingerprint density at radius 2 is 2.14 bits per heavy atom. The monoisotopic (exact) mass is 326 g/mol. The third-order valence-electron chi connectivity index (χ3n) is 3.09. The quantitative estimate of drug-likeness (QED) is 0.487. The van der Waals surface area contributed by atoms with Crippen molar-refractivity contribution < 1.29 is 4.74 Å². The molecule has 2 N–H and O–H groups in total. The molecule has 0 aromatic heterocycles. The van der Waals surface area contributed by atoms with Crippen molar-refractivity contribution in [3.05, 3.63) is 34.9 Å². The maximum atomic E-state index is 6.03. The number of thiocarbonyl (C=S) groups is 1. The highest BCUT2D eigenvalue weighted by Crippen LogP contribution is 2.11. The Labute approximate surface area is 135 Å². The van der Waals surface area contributed by atoms with Gasteiger partial charge in [0.05, 0.1) is 19.4 Å². The normalized spacial score (nSPS) is 16.0. The number of hydrogen-bond donors (Lipinski definition) is 2. The average molecular weight is 327 g/mol. The Bertz CT molecular complexity index is 492. The summed E-state index contributed by atoms with van der Waals surface area (Å²) in [4.78, 5) is 2.34. The molecule has 0 saturated carbocycles. The van der Waals surface area contributed by atoms with Crippen LogP contribution in [-0.2, 0) is 4.74 Å². The minimum Gasteiger partial charge on any atom is -0.379 e. The molecule has 0 radical (unpaired) electrons. The van der Waals surface area contributed by atoms with Crippen LogP contribution in [0.15, 0.2) is 29.4 Å². The lowest BCUT2D eigenvalue weighted by Gasteiger charge is -2.26. The molecule has 1 fully saturated rings. The number of hydrazone groups is 1. The van der Waals surface area contributed by atoms with Gasteiger partial charge in [0.1, 0.15) is 0 Å². The van der Waals surface area contributed by atoms with Gasteiger partial charge in [0.25, 0.3) is 0 Å². The minimum atomic E-state index is 0.506. The van der Waals surface area contributed by atoms with Crippen LogP contribution < -0.4 is 10.7 Å². The summed E-state index contributed by atoms with van der Waals surface area (Å²) in [5, 5.41) is 8.36. The van der Waals surface area contributed by atoms with Crippen molar-refractivity contribution in [3.8, 4) is 0 Å². The van der Waals surface area contributed by atoms with Crippen LogP contribution in [0.25, 0.3) is 0 Å². The molecule has 1 aliphatic rings. The molecule has 1 aliphatic heterocycles. The molecule has 0 amide bonds. The summed E-state index contributed by atoms with van der Waals surface area (Å²) in [5.74, 6) is 0. The van der Waals surface area contributed by atoms with E-state index in [1.807, 2.05) is 24.3 Å². The SMILES string of the molecule is S=C(NCCN1CCOCC1)N/N=C/c1ccccc1Cl. The number of ether oxygens (including phenoxy) is 1. The molecule has 1 aromatic carbocycles. The Morgan fingerprint density at radius 3 is 2.90 bits per heavy atom. The molecule has 2 rings (SSSR count). The molecular formula is C14H19ClN4OS. The standard InChI is InChI=1S/C14H19ClN4OS/c15-13-4-2-1-3-12(13)11-17-18-14(21)16-5-6-19-7-9-20-10-8-19/h1-4,11H,5-10H2,(H2,16,18,21)/b17-11+. The summed E-state index contributed by atoms with van der Waals surface area (Å²) in [6.45, 7) is 5.31. The van der Waals surface area contributed by atoms with Gasteiger partial charge in [-0.15, -0.1) is 0 Å². The lowest BCUT2D eigenvalue weighted by atomic mass is 10.2. The van der Waals surface area contributed by atoms with Gasteiger partial charge in [-0.25, -0.2) is 0 Å². The van der Waals surface area contributed by atoms with Gasteiger partial charge < -0.3 is 10.1 Å². The number of hydrogen-bond acceptors (Lipinski definition) is 4.